The Morgan fingerprint density at radius 2 is 2.11 bits per heavy atom. The Morgan fingerprint density at radius 3 is 2.67 bits per heavy atom. The fourth-order valence-corrected chi connectivity index (χ4v) is 2.25. The van der Waals surface area contributed by atoms with E-state index < -0.39 is 0 Å². The molecule has 0 atom stereocenters. The highest BCUT2D eigenvalue weighted by atomic mass is 32.1. The van der Waals surface area contributed by atoms with Gasteiger partial charge in [0.15, 0.2) is 5.82 Å². The topological polar surface area (TPSA) is 66.5 Å². The van der Waals surface area contributed by atoms with Crippen LogP contribution < -0.4 is 5.56 Å². The molecule has 0 amide bonds. The number of hydrogen-bond acceptors (Lipinski definition) is 3. The fraction of sp³-hybridized carbons (Fsp3) is 0.417. The Bertz CT molecular complexity index is 680. The highest BCUT2D eigenvalue weighted by Crippen LogP contribution is 2.16. The number of H-pyrrole nitrogens is 2. The molecule has 2 heterocycles. The standard InChI is InChI=1S/C12H16N4OS/c1-4-5-16-8(3)6-7(2)9(11(16)17)10-13-12(18)15-14-10/h6H,4-5H2,1-3H3,(H2,13,14,15,18). The van der Waals surface area contributed by atoms with Crippen molar-refractivity contribution in [2.24, 2.45) is 0 Å². The van der Waals surface area contributed by atoms with Crippen molar-refractivity contribution in [3.8, 4) is 11.4 Å². The molecule has 0 aromatic carbocycles. The molecule has 0 saturated heterocycles. The summed E-state index contributed by atoms with van der Waals surface area (Å²) in [6.07, 6.45) is 0.916. The van der Waals surface area contributed by atoms with Crippen LogP contribution in [0.3, 0.4) is 0 Å². The SMILES string of the molecule is CCCn1c(C)cc(C)c(-c2nc(=S)[nH][nH]2)c1=O. The van der Waals surface area contributed by atoms with Gasteiger partial charge in [-0.2, -0.15) is 4.98 Å². The molecule has 0 aliphatic carbocycles. The number of pyridine rings is 1. The van der Waals surface area contributed by atoms with Gasteiger partial charge in [-0.15, -0.1) is 0 Å². The van der Waals surface area contributed by atoms with Gasteiger partial charge in [0.05, 0.1) is 5.56 Å². The quantitative estimate of drug-likeness (QED) is 0.836. The summed E-state index contributed by atoms with van der Waals surface area (Å²) < 4.78 is 2.12. The molecule has 2 N–H and O–H groups in total. The highest BCUT2D eigenvalue weighted by molar-refractivity contribution is 7.71. The number of nitrogens with zero attached hydrogens (tertiary/aromatic N) is 2. The van der Waals surface area contributed by atoms with E-state index >= 15 is 0 Å². The molecule has 2 aromatic heterocycles. The lowest BCUT2D eigenvalue weighted by Crippen LogP contribution is -2.25. The fourth-order valence-electron chi connectivity index (χ4n) is 2.11. The maximum Gasteiger partial charge on any atom is 0.262 e. The van der Waals surface area contributed by atoms with Crippen LogP contribution in [0, 0.1) is 18.6 Å². The van der Waals surface area contributed by atoms with Crippen LogP contribution in [0.5, 0.6) is 0 Å². The predicted octanol–water partition coefficient (Wildman–Crippen LogP) is 2.32. The Labute approximate surface area is 110 Å². The van der Waals surface area contributed by atoms with Crippen molar-refractivity contribution >= 4 is 12.2 Å². The normalized spacial score (nSPS) is 10.8. The molecule has 5 nitrogen and oxygen atoms in total. The van der Waals surface area contributed by atoms with Gasteiger partial charge in [0, 0.05) is 12.2 Å². The summed E-state index contributed by atoms with van der Waals surface area (Å²) in [5, 5.41) is 5.56. The van der Waals surface area contributed by atoms with Gasteiger partial charge in [-0.1, -0.05) is 6.92 Å². The Hall–Kier alpha value is -1.69. The average Bonchev–Trinajstić information content (AvgIpc) is 2.70. The van der Waals surface area contributed by atoms with E-state index in [9.17, 15) is 4.79 Å². The van der Waals surface area contributed by atoms with Crippen molar-refractivity contribution in [3.05, 3.63) is 32.4 Å². The maximum absolute atomic E-state index is 12.5. The number of nitrogens with one attached hydrogen (secondary N) is 2. The van der Waals surface area contributed by atoms with Crippen molar-refractivity contribution < 1.29 is 0 Å². The van der Waals surface area contributed by atoms with Crippen molar-refractivity contribution in [2.75, 3.05) is 0 Å². The molecule has 6 heteroatoms. The molecule has 0 aliphatic heterocycles. The third-order valence-corrected chi connectivity index (χ3v) is 3.08. The molecule has 0 bridgehead atoms. The van der Waals surface area contributed by atoms with E-state index in [4.69, 9.17) is 12.2 Å². The summed E-state index contributed by atoms with van der Waals surface area (Å²) in [6, 6.07) is 2.00. The van der Waals surface area contributed by atoms with Gasteiger partial charge in [-0.25, -0.2) is 0 Å². The van der Waals surface area contributed by atoms with Crippen molar-refractivity contribution in [3.63, 3.8) is 0 Å². The second-order valence-corrected chi connectivity index (χ2v) is 4.70. The molecule has 0 fully saturated rings. The minimum absolute atomic E-state index is 0.0212. The third-order valence-electron chi connectivity index (χ3n) is 2.89. The smallest absolute Gasteiger partial charge is 0.262 e. The number of aromatic nitrogens is 4. The van der Waals surface area contributed by atoms with Gasteiger partial charge in [0.2, 0.25) is 4.77 Å². The van der Waals surface area contributed by atoms with E-state index in [2.05, 4.69) is 15.2 Å². The van der Waals surface area contributed by atoms with Gasteiger partial charge in [-0.3, -0.25) is 15.0 Å². The van der Waals surface area contributed by atoms with Crippen LogP contribution in [0.25, 0.3) is 11.4 Å². The molecule has 0 unspecified atom stereocenters. The minimum Gasteiger partial charge on any atom is -0.312 e. The van der Waals surface area contributed by atoms with Gasteiger partial charge in [-0.05, 0) is 44.1 Å². The van der Waals surface area contributed by atoms with E-state index in [0.29, 0.717) is 22.7 Å². The molecule has 0 aliphatic rings. The van der Waals surface area contributed by atoms with Crippen LogP contribution in [0.15, 0.2) is 10.9 Å². The first-order valence-electron chi connectivity index (χ1n) is 5.90. The average molecular weight is 264 g/mol. The molecule has 2 rings (SSSR count). The molecule has 2 aromatic rings. The summed E-state index contributed by atoms with van der Waals surface area (Å²) >= 11 is 4.92. The molecule has 96 valence electrons. The molecule has 0 radical (unpaired) electrons. The van der Waals surface area contributed by atoms with E-state index in [1.54, 1.807) is 4.57 Å². The Morgan fingerprint density at radius 1 is 1.39 bits per heavy atom. The van der Waals surface area contributed by atoms with E-state index in [0.717, 1.165) is 17.7 Å². The number of hydrogen-bond donors (Lipinski definition) is 2. The van der Waals surface area contributed by atoms with Crippen molar-refractivity contribution in [1.82, 2.24) is 19.7 Å². The third kappa shape index (κ3) is 2.15. The van der Waals surface area contributed by atoms with E-state index in [-0.39, 0.29) is 5.56 Å². The van der Waals surface area contributed by atoms with Crippen LogP contribution in [0.1, 0.15) is 24.6 Å². The van der Waals surface area contributed by atoms with Crippen molar-refractivity contribution in [2.45, 2.75) is 33.7 Å². The molecular weight excluding hydrogens is 248 g/mol. The van der Waals surface area contributed by atoms with Gasteiger partial charge >= 0.3 is 0 Å². The first-order chi connectivity index (χ1) is 8.54. The minimum atomic E-state index is -0.0212. The zero-order valence-corrected chi connectivity index (χ0v) is 11.5. The lowest BCUT2D eigenvalue weighted by atomic mass is 10.1. The van der Waals surface area contributed by atoms with Gasteiger partial charge < -0.3 is 4.57 Å². The van der Waals surface area contributed by atoms with Crippen LogP contribution in [-0.2, 0) is 6.54 Å². The zero-order valence-electron chi connectivity index (χ0n) is 10.7. The van der Waals surface area contributed by atoms with E-state index in [1.165, 1.54) is 0 Å². The molecular formula is C12H16N4OS. The zero-order chi connectivity index (χ0) is 13.3. The van der Waals surface area contributed by atoms with Gasteiger partial charge in [0.1, 0.15) is 0 Å². The lowest BCUT2D eigenvalue weighted by molar-refractivity contribution is 0.635. The lowest BCUT2D eigenvalue weighted by Gasteiger charge is -2.12. The van der Waals surface area contributed by atoms with Crippen molar-refractivity contribution in [1.29, 1.82) is 0 Å². The maximum atomic E-state index is 12.5. The van der Waals surface area contributed by atoms with E-state index in [1.807, 2.05) is 26.8 Å². The summed E-state index contributed by atoms with van der Waals surface area (Å²) in [5.74, 6) is 0.507. The highest BCUT2D eigenvalue weighted by Gasteiger charge is 2.14. The summed E-state index contributed by atoms with van der Waals surface area (Å²) in [6.45, 7) is 6.61. The molecule has 0 saturated carbocycles. The van der Waals surface area contributed by atoms with Crippen LogP contribution >= 0.6 is 12.2 Å². The van der Waals surface area contributed by atoms with Crippen LogP contribution in [0.4, 0.5) is 0 Å². The predicted molar refractivity (Wildman–Crippen MR) is 73.2 cm³/mol. The first-order valence-corrected chi connectivity index (χ1v) is 6.31. The number of rotatable bonds is 3. The first kappa shape index (κ1) is 12.8. The largest absolute Gasteiger partial charge is 0.312 e. The monoisotopic (exact) mass is 264 g/mol. The van der Waals surface area contributed by atoms with Gasteiger partial charge in [0.25, 0.3) is 5.56 Å². The van der Waals surface area contributed by atoms with Crippen LogP contribution in [0.2, 0.25) is 0 Å². The second-order valence-electron chi connectivity index (χ2n) is 4.32. The summed E-state index contributed by atoms with van der Waals surface area (Å²) in [5.41, 5.74) is 2.44. The number of aryl methyl sites for hydroxylation is 2. The molecule has 0 spiro atoms. The number of aromatic amines is 2. The Kier molecular flexibility index (Phi) is 3.47. The van der Waals surface area contributed by atoms with Crippen LogP contribution in [-0.4, -0.2) is 19.7 Å². The summed E-state index contributed by atoms with van der Waals surface area (Å²) in [4.78, 5) is 16.6. The summed E-state index contributed by atoms with van der Waals surface area (Å²) in [7, 11) is 0. The Balaban J connectivity index is 2.71. The second kappa shape index (κ2) is 4.89. The molecule has 18 heavy (non-hydrogen) atoms.